The van der Waals surface area contributed by atoms with Gasteiger partial charge in [-0.05, 0) is 23.9 Å². The molecular weight excluding hydrogens is 551 g/mol. The zero-order chi connectivity index (χ0) is 18.9. The van der Waals surface area contributed by atoms with Crippen LogP contribution in [0.25, 0.3) is 11.3 Å². The summed E-state index contributed by atoms with van der Waals surface area (Å²) in [4.78, 5) is 23.1. The van der Waals surface area contributed by atoms with Gasteiger partial charge in [-0.2, -0.15) is 0 Å². The van der Waals surface area contributed by atoms with Crippen molar-refractivity contribution in [3.05, 3.63) is 66.1 Å². The van der Waals surface area contributed by atoms with E-state index in [4.69, 9.17) is 5.11 Å². The summed E-state index contributed by atoms with van der Waals surface area (Å²) in [6, 6.07) is 13.4. The summed E-state index contributed by atoms with van der Waals surface area (Å²) in [5.74, 6) is -3.04. The van der Waals surface area contributed by atoms with E-state index in [1.807, 2.05) is 13.1 Å². The second kappa shape index (κ2) is 8.14. The number of rotatable bonds is 4. The molecule has 0 saturated heterocycles. The summed E-state index contributed by atoms with van der Waals surface area (Å²) in [6.45, 7) is 3.94. The van der Waals surface area contributed by atoms with E-state index in [2.05, 4.69) is 21.0 Å². The molecule has 3 aromatic rings. The van der Waals surface area contributed by atoms with Crippen LogP contribution in [0.1, 0.15) is 10.5 Å². The van der Waals surface area contributed by atoms with Gasteiger partial charge in [0.05, 0.1) is 0 Å². The van der Waals surface area contributed by atoms with Gasteiger partial charge in [-0.1, -0.05) is 42.9 Å². The molecule has 0 spiro atoms. The Morgan fingerprint density at radius 2 is 1.67 bits per heavy atom. The molecular formula is C18H14F2N3O2PtSi-. The number of carbonyl (C=O) groups is 1. The minimum atomic E-state index is -2.44. The van der Waals surface area contributed by atoms with Gasteiger partial charge in [0.2, 0.25) is 0 Å². The fourth-order valence-corrected chi connectivity index (χ4v) is 4.60. The molecule has 0 unspecified atom stereocenters. The van der Waals surface area contributed by atoms with Gasteiger partial charge in [0.15, 0.2) is 8.07 Å². The largest absolute Gasteiger partial charge is 0.477 e. The average molecular weight is 565 g/mol. The van der Waals surface area contributed by atoms with Crippen molar-refractivity contribution in [3.63, 3.8) is 0 Å². The third kappa shape index (κ3) is 4.34. The van der Waals surface area contributed by atoms with Crippen molar-refractivity contribution in [3.8, 4) is 11.3 Å². The summed E-state index contributed by atoms with van der Waals surface area (Å²) >= 11 is 0. The summed E-state index contributed by atoms with van der Waals surface area (Å²) in [5, 5.41) is 10.5. The SMILES string of the molecule is C[Si](C)(c1cccc(C(=O)O)n1)c1cccc(-c2[c-]cc(F)nc2F)n1.[Pt]. The smallest absolute Gasteiger partial charge is 0.354 e. The molecule has 142 valence electrons. The number of hydrogen-bond donors (Lipinski definition) is 1. The topological polar surface area (TPSA) is 76.0 Å². The Balaban J connectivity index is 0.00000261. The van der Waals surface area contributed by atoms with Gasteiger partial charge in [0, 0.05) is 31.7 Å². The van der Waals surface area contributed by atoms with Crippen LogP contribution in [-0.4, -0.2) is 34.1 Å². The summed E-state index contributed by atoms with van der Waals surface area (Å²) in [5.41, 5.74) is 0.217. The van der Waals surface area contributed by atoms with E-state index in [9.17, 15) is 13.6 Å². The molecule has 27 heavy (non-hydrogen) atoms. The van der Waals surface area contributed by atoms with E-state index in [0.717, 1.165) is 6.07 Å². The fraction of sp³-hybridized carbons (Fsp3) is 0.111. The fourth-order valence-electron chi connectivity index (χ4n) is 2.51. The van der Waals surface area contributed by atoms with Crippen molar-refractivity contribution < 1.29 is 39.7 Å². The quantitative estimate of drug-likeness (QED) is 0.298. The summed E-state index contributed by atoms with van der Waals surface area (Å²) in [7, 11) is -2.44. The first-order valence-corrected chi connectivity index (χ1v) is 10.7. The molecule has 1 N–H and O–H groups in total. The second-order valence-electron chi connectivity index (χ2n) is 6.14. The number of halogens is 2. The monoisotopic (exact) mass is 565 g/mol. The van der Waals surface area contributed by atoms with Gasteiger partial charge in [0.25, 0.3) is 0 Å². The molecule has 3 aromatic heterocycles. The Morgan fingerprint density at radius 3 is 2.30 bits per heavy atom. The Morgan fingerprint density at radius 1 is 1.04 bits per heavy atom. The predicted molar refractivity (Wildman–Crippen MR) is 94.2 cm³/mol. The van der Waals surface area contributed by atoms with Gasteiger partial charge < -0.3 is 10.1 Å². The number of aromatic carboxylic acids is 1. The predicted octanol–water partition coefficient (Wildman–Crippen LogP) is 2.14. The van der Waals surface area contributed by atoms with Crippen LogP contribution in [0.4, 0.5) is 8.78 Å². The Hall–Kier alpha value is -2.31. The Labute approximate surface area is 169 Å². The molecule has 0 radical (unpaired) electrons. The zero-order valence-electron chi connectivity index (χ0n) is 14.3. The molecule has 0 aliphatic carbocycles. The maximum Gasteiger partial charge on any atom is 0.354 e. The molecule has 0 bridgehead atoms. The molecule has 0 fully saturated rings. The number of carboxylic acid groups (broad SMARTS) is 1. The van der Waals surface area contributed by atoms with Crippen LogP contribution in [0.2, 0.25) is 13.1 Å². The van der Waals surface area contributed by atoms with Crippen molar-refractivity contribution in [2.75, 3.05) is 0 Å². The number of carboxylic acids is 1. The van der Waals surface area contributed by atoms with Crippen molar-refractivity contribution in [2.45, 2.75) is 13.1 Å². The van der Waals surface area contributed by atoms with Gasteiger partial charge >= 0.3 is 5.97 Å². The third-order valence-electron chi connectivity index (χ3n) is 4.00. The molecule has 0 amide bonds. The molecule has 0 aromatic carbocycles. The van der Waals surface area contributed by atoms with Crippen LogP contribution in [0.5, 0.6) is 0 Å². The molecule has 0 atom stereocenters. The van der Waals surface area contributed by atoms with Crippen molar-refractivity contribution in [1.29, 1.82) is 0 Å². The van der Waals surface area contributed by atoms with Gasteiger partial charge in [0.1, 0.15) is 17.6 Å². The molecule has 5 nitrogen and oxygen atoms in total. The Kier molecular flexibility index (Phi) is 6.33. The van der Waals surface area contributed by atoms with Crippen molar-refractivity contribution in [2.24, 2.45) is 0 Å². The number of nitrogens with zero attached hydrogens (tertiary/aromatic N) is 3. The molecule has 9 heteroatoms. The summed E-state index contributed by atoms with van der Waals surface area (Å²) in [6.07, 6.45) is 0. The van der Waals surface area contributed by atoms with E-state index in [1.165, 1.54) is 6.07 Å². The molecule has 3 heterocycles. The minimum absolute atomic E-state index is 0. The maximum absolute atomic E-state index is 13.9. The Bertz CT molecular complexity index is 1000. The van der Waals surface area contributed by atoms with Crippen molar-refractivity contribution >= 4 is 24.7 Å². The molecule has 3 rings (SSSR count). The number of aromatic nitrogens is 3. The van der Waals surface area contributed by atoms with Crippen LogP contribution in [0.3, 0.4) is 0 Å². The van der Waals surface area contributed by atoms with Gasteiger partial charge in [-0.3, -0.25) is 9.97 Å². The maximum atomic E-state index is 13.9. The van der Waals surface area contributed by atoms with E-state index in [0.29, 0.717) is 10.6 Å². The number of hydrogen-bond acceptors (Lipinski definition) is 4. The van der Waals surface area contributed by atoms with Crippen LogP contribution in [0, 0.1) is 18.0 Å². The first-order chi connectivity index (χ1) is 12.3. The van der Waals surface area contributed by atoms with E-state index >= 15 is 0 Å². The average Bonchev–Trinajstić information content (AvgIpc) is 2.62. The first kappa shape index (κ1) is 21.0. The molecule has 0 aliphatic rings. The van der Waals surface area contributed by atoms with Crippen LogP contribution >= 0.6 is 0 Å². The zero-order valence-corrected chi connectivity index (χ0v) is 17.6. The number of pyridine rings is 3. The second-order valence-corrected chi connectivity index (χ2v) is 10.4. The first-order valence-electron chi connectivity index (χ1n) is 7.71. The minimum Gasteiger partial charge on any atom is -0.477 e. The van der Waals surface area contributed by atoms with Crippen LogP contribution < -0.4 is 10.6 Å². The van der Waals surface area contributed by atoms with Crippen LogP contribution in [0.15, 0.2) is 42.5 Å². The third-order valence-corrected chi connectivity index (χ3v) is 7.12. The van der Waals surface area contributed by atoms with Crippen molar-refractivity contribution in [1.82, 2.24) is 15.0 Å². The van der Waals surface area contributed by atoms with Gasteiger partial charge in [-0.15, -0.1) is 6.07 Å². The molecule has 0 saturated carbocycles. The van der Waals surface area contributed by atoms with Gasteiger partial charge in [-0.25, -0.2) is 13.6 Å². The van der Waals surface area contributed by atoms with E-state index in [1.54, 1.807) is 30.3 Å². The molecule has 0 aliphatic heterocycles. The van der Waals surface area contributed by atoms with Crippen LogP contribution in [-0.2, 0) is 21.1 Å². The van der Waals surface area contributed by atoms with E-state index in [-0.39, 0.29) is 38.0 Å². The standard InChI is InChI=1S/C18H14F2N3O2Si.Pt/c1-26(2,16-8-4-6-13(22-16)18(24)25)15-7-3-5-12(21-15)11-9-10-14(19)23-17(11)20;/h3-8,10H,1-2H3,(H,24,25);/q-1;. The summed E-state index contributed by atoms with van der Waals surface area (Å²) < 4.78 is 26.9. The van der Waals surface area contributed by atoms with E-state index < -0.39 is 25.9 Å². The normalized spacial score (nSPS) is 11.0.